The molecule has 2 atom stereocenters. The van der Waals surface area contributed by atoms with Crippen LogP contribution < -0.4 is 25.4 Å². The van der Waals surface area contributed by atoms with E-state index in [9.17, 15) is 14.4 Å². The Morgan fingerprint density at radius 3 is 1.80 bits per heavy atom. The van der Waals surface area contributed by atoms with E-state index < -0.39 is 11.6 Å². The fraction of sp³-hybridized carbons (Fsp3) is 0.439. The number of nitrogens with one attached hydrogen (secondary N) is 3. The summed E-state index contributed by atoms with van der Waals surface area (Å²) in [7, 11) is 1.30. The lowest BCUT2D eigenvalue weighted by molar-refractivity contribution is -0.0146. The van der Waals surface area contributed by atoms with E-state index in [2.05, 4.69) is 22.0 Å². The number of aliphatic hydroxyl groups is 1. The highest BCUT2D eigenvalue weighted by atomic mass is 19.1. The maximum Gasteiger partial charge on any atom is 0.251 e. The summed E-state index contributed by atoms with van der Waals surface area (Å²) < 4.78 is 53.3. The zero-order valence-electron chi connectivity index (χ0n) is 31.5. The molecule has 4 N–H and O–H groups in total. The fourth-order valence-electron chi connectivity index (χ4n) is 6.09. The molecular formula is C41H50FN3O11. The third-order valence-corrected chi connectivity index (χ3v) is 9.02. The van der Waals surface area contributed by atoms with Crippen molar-refractivity contribution in [1.82, 2.24) is 16.0 Å². The highest BCUT2D eigenvalue weighted by Crippen LogP contribution is 2.31. The number of aliphatic hydroxyl groups excluding tert-OH is 1. The fourth-order valence-corrected chi connectivity index (χ4v) is 6.09. The second-order valence-corrected chi connectivity index (χ2v) is 12.8. The number of halogens is 1. The van der Waals surface area contributed by atoms with Crippen molar-refractivity contribution in [2.75, 3.05) is 99.5 Å². The molecule has 0 saturated carbocycles. The van der Waals surface area contributed by atoms with Crippen molar-refractivity contribution in [2.24, 2.45) is 0 Å². The molecule has 0 radical (unpaired) electrons. The maximum absolute atomic E-state index is 15.5. The second kappa shape index (κ2) is 22.7. The average molecular weight is 780 g/mol. The van der Waals surface area contributed by atoms with E-state index in [0.717, 1.165) is 17.5 Å². The molecule has 1 saturated heterocycles. The Labute approximate surface area is 325 Å². The molecule has 2 aliphatic rings. The quantitative estimate of drug-likeness (QED) is 0.0734. The molecule has 3 aromatic carbocycles. The second-order valence-electron chi connectivity index (χ2n) is 12.8. The van der Waals surface area contributed by atoms with Gasteiger partial charge in [0.1, 0.15) is 17.9 Å². The van der Waals surface area contributed by atoms with Crippen molar-refractivity contribution in [3.8, 4) is 11.5 Å². The Morgan fingerprint density at radius 2 is 1.21 bits per heavy atom. The first kappa shape index (κ1) is 42.4. The van der Waals surface area contributed by atoms with Crippen molar-refractivity contribution in [3.63, 3.8) is 0 Å². The number of benzene rings is 3. The smallest absolute Gasteiger partial charge is 0.251 e. The number of ketones is 1. The van der Waals surface area contributed by atoms with Crippen molar-refractivity contribution in [1.29, 1.82) is 0 Å². The monoisotopic (exact) mass is 779 g/mol. The predicted octanol–water partition coefficient (Wildman–Crippen LogP) is 2.59. The van der Waals surface area contributed by atoms with Crippen LogP contribution in [0.4, 0.5) is 4.39 Å². The van der Waals surface area contributed by atoms with Crippen molar-refractivity contribution >= 4 is 23.7 Å². The number of fused-ring (bicyclic) bond motifs is 1. The molecule has 1 aliphatic heterocycles. The van der Waals surface area contributed by atoms with Gasteiger partial charge in [-0.1, -0.05) is 30.4 Å². The van der Waals surface area contributed by atoms with Crippen LogP contribution >= 0.6 is 0 Å². The molecule has 56 heavy (non-hydrogen) atoms. The summed E-state index contributed by atoms with van der Waals surface area (Å²) in [6, 6.07) is 13.7. The van der Waals surface area contributed by atoms with E-state index in [1.54, 1.807) is 6.07 Å². The minimum absolute atomic E-state index is 0.0135. The maximum atomic E-state index is 15.5. The first-order valence-electron chi connectivity index (χ1n) is 18.6. The van der Waals surface area contributed by atoms with Gasteiger partial charge < -0.3 is 54.2 Å². The molecule has 14 nitrogen and oxygen atoms in total. The molecule has 302 valence electrons. The van der Waals surface area contributed by atoms with Crippen LogP contribution in [0.3, 0.4) is 0 Å². The predicted molar refractivity (Wildman–Crippen MR) is 204 cm³/mol. The van der Waals surface area contributed by atoms with Gasteiger partial charge in [0, 0.05) is 29.8 Å². The van der Waals surface area contributed by atoms with Gasteiger partial charge in [0.15, 0.2) is 17.3 Å². The summed E-state index contributed by atoms with van der Waals surface area (Å²) in [5.74, 6) is -2.21. The summed E-state index contributed by atoms with van der Waals surface area (Å²) in [5, 5.41) is 17.9. The number of hydrogen-bond donors (Lipinski definition) is 4. The zero-order chi connectivity index (χ0) is 39.5. The summed E-state index contributed by atoms with van der Waals surface area (Å²) in [6.45, 7) is 4.57. The number of carbonyl (C=O) groups excluding carboxylic acids is 3. The van der Waals surface area contributed by atoms with Gasteiger partial charge in [-0.2, -0.15) is 0 Å². The molecule has 1 fully saturated rings. The standard InChI is InChI=1S/C41H50FN3O11/c1-50-36-12-11-35(56-24-23-55-22-21-54-20-19-53-18-17-52-16-15-51-14-13-46)37(38(36)42)39(47)29-6-8-30(9-7-29)40(48)44-33-26-43-27-34(33)45-41(49)32-10-5-28-3-2-4-31(28)25-32/h2-3,5-12,25,33-34,43,46H,4,13-24,26-27H2,1H3,(H,44,48)(H,45,49)/t33-,34+/m1/s1. The number of ether oxygens (including phenoxy) is 7. The van der Waals surface area contributed by atoms with E-state index in [0.29, 0.717) is 83.7 Å². The van der Waals surface area contributed by atoms with Crippen LogP contribution in [-0.4, -0.2) is 134 Å². The average Bonchev–Trinajstić information content (AvgIpc) is 3.87. The van der Waals surface area contributed by atoms with Crippen LogP contribution in [0.5, 0.6) is 11.5 Å². The third-order valence-electron chi connectivity index (χ3n) is 9.02. The first-order chi connectivity index (χ1) is 27.4. The van der Waals surface area contributed by atoms with Gasteiger partial charge in [-0.05, 0) is 53.9 Å². The largest absolute Gasteiger partial charge is 0.494 e. The summed E-state index contributed by atoms with van der Waals surface area (Å²) >= 11 is 0. The number of allylic oxidation sites excluding steroid dienone is 1. The minimum atomic E-state index is -0.870. The Kier molecular flexibility index (Phi) is 17.2. The normalized spacial score (nSPS) is 15.8. The van der Waals surface area contributed by atoms with Crippen molar-refractivity contribution in [2.45, 2.75) is 18.5 Å². The molecule has 0 unspecified atom stereocenters. The van der Waals surface area contributed by atoms with Crippen molar-refractivity contribution in [3.05, 3.63) is 99.9 Å². The van der Waals surface area contributed by atoms with E-state index in [4.69, 9.17) is 38.3 Å². The molecule has 15 heteroatoms. The van der Waals surface area contributed by atoms with Gasteiger partial charge in [0.2, 0.25) is 0 Å². The Balaban J connectivity index is 1.04. The van der Waals surface area contributed by atoms with Gasteiger partial charge in [0.05, 0.1) is 91.9 Å². The van der Waals surface area contributed by atoms with Crippen LogP contribution in [0.15, 0.2) is 60.7 Å². The van der Waals surface area contributed by atoms with E-state index >= 15 is 4.39 Å². The molecule has 3 aromatic rings. The first-order valence-corrected chi connectivity index (χ1v) is 18.6. The Morgan fingerprint density at radius 1 is 0.696 bits per heavy atom. The van der Waals surface area contributed by atoms with E-state index in [1.165, 1.54) is 43.5 Å². The van der Waals surface area contributed by atoms with Crippen LogP contribution in [-0.2, 0) is 30.1 Å². The van der Waals surface area contributed by atoms with Crippen LogP contribution in [0.1, 0.15) is 47.8 Å². The molecule has 1 aliphatic carbocycles. The van der Waals surface area contributed by atoms with Crippen LogP contribution in [0.25, 0.3) is 6.08 Å². The highest BCUT2D eigenvalue weighted by Gasteiger charge is 2.31. The lowest BCUT2D eigenvalue weighted by Crippen LogP contribution is -2.51. The molecule has 0 bridgehead atoms. The summed E-state index contributed by atoms with van der Waals surface area (Å²) in [5.41, 5.74) is 2.91. The Bertz CT molecular complexity index is 1770. The van der Waals surface area contributed by atoms with Gasteiger partial charge in [-0.3, -0.25) is 14.4 Å². The van der Waals surface area contributed by atoms with Gasteiger partial charge in [-0.15, -0.1) is 0 Å². The summed E-state index contributed by atoms with van der Waals surface area (Å²) in [6.07, 6.45) is 4.89. The lowest BCUT2D eigenvalue weighted by Gasteiger charge is -2.21. The summed E-state index contributed by atoms with van der Waals surface area (Å²) in [4.78, 5) is 39.9. The molecular weight excluding hydrogens is 729 g/mol. The Hall–Kier alpha value is -4.74. The number of carbonyl (C=O) groups is 3. The molecule has 2 amide bonds. The van der Waals surface area contributed by atoms with Crippen molar-refractivity contribution < 1.29 is 57.0 Å². The number of amides is 2. The molecule has 0 spiro atoms. The van der Waals surface area contributed by atoms with Gasteiger partial charge in [-0.25, -0.2) is 4.39 Å². The number of rotatable bonds is 25. The van der Waals surface area contributed by atoms with Gasteiger partial charge in [0.25, 0.3) is 11.8 Å². The van der Waals surface area contributed by atoms with Crippen LogP contribution in [0, 0.1) is 5.82 Å². The van der Waals surface area contributed by atoms with E-state index in [-0.39, 0.29) is 66.3 Å². The topological polar surface area (TPSA) is 172 Å². The third kappa shape index (κ3) is 12.4. The molecule has 0 aromatic heterocycles. The molecule has 5 rings (SSSR count). The van der Waals surface area contributed by atoms with Crippen LogP contribution in [0.2, 0.25) is 0 Å². The van der Waals surface area contributed by atoms with E-state index in [1.807, 2.05) is 18.2 Å². The molecule has 1 heterocycles. The highest BCUT2D eigenvalue weighted by molar-refractivity contribution is 6.11. The minimum Gasteiger partial charge on any atom is -0.494 e. The SMILES string of the molecule is COc1ccc(OCCOCCOCCOCCOCCOCCO)c(C(=O)c2ccc(C(=O)N[C@@H]3CNC[C@@H]3NC(=O)c3ccc4c(c3)CC=C4)cc2)c1F. The number of methoxy groups -OCH3 is 1. The zero-order valence-corrected chi connectivity index (χ0v) is 31.5. The number of hydrogen-bond acceptors (Lipinski definition) is 12. The van der Waals surface area contributed by atoms with Gasteiger partial charge >= 0.3 is 0 Å². The lowest BCUT2D eigenvalue weighted by atomic mass is 10.00.